The number of rotatable bonds is 1. The van der Waals surface area contributed by atoms with Crippen molar-refractivity contribution in [1.82, 2.24) is 0 Å². The molecule has 1 nitrogen and oxygen atoms in total. The van der Waals surface area contributed by atoms with Gasteiger partial charge in [0.2, 0.25) is 0 Å². The van der Waals surface area contributed by atoms with Crippen LogP contribution in [0.4, 0.5) is 0 Å². The van der Waals surface area contributed by atoms with Crippen LogP contribution in [0.3, 0.4) is 0 Å². The molecule has 74 valence electrons. The highest BCUT2D eigenvalue weighted by molar-refractivity contribution is 9.10. The Hall–Kier alpha value is -0.410. The van der Waals surface area contributed by atoms with E-state index in [4.69, 9.17) is 0 Å². The highest BCUT2D eigenvalue weighted by Crippen LogP contribution is 2.32. The predicted molar refractivity (Wildman–Crippen MR) is 63.5 cm³/mol. The van der Waals surface area contributed by atoms with Gasteiger partial charge in [-0.3, -0.25) is 4.79 Å². The highest BCUT2D eigenvalue weighted by atomic mass is 79.9. The summed E-state index contributed by atoms with van der Waals surface area (Å²) in [6.45, 7) is 0. The quantitative estimate of drug-likeness (QED) is 0.753. The van der Waals surface area contributed by atoms with Crippen LogP contribution in [0.15, 0.2) is 21.3 Å². The van der Waals surface area contributed by atoms with Gasteiger partial charge in [-0.05, 0) is 52.2 Å². The molecule has 0 aromatic carbocycles. The van der Waals surface area contributed by atoms with E-state index in [1.807, 2.05) is 6.08 Å². The van der Waals surface area contributed by atoms with Crippen molar-refractivity contribution < 1.29 is 4.79 Å². The summed E-state index contributed by atoms with van der Waals surface area (Å²) in [5.74, 6) is 0.274. The lowest BCUT2D eigenvalue weighted by atomic mass is 10.0. The zero-order chi connectivity index (χ0) is 9.97. The van der Waals surface area contributed by atoms with E-state index in [1.54, 1.807) is 11.3 Å². The van der Waals surface area contributed by atoms with Crippen LogP contribution < -0.4 is 0 Å². The molecule has 1 heterocycles. The second kappa shape index (κ2) is 4.41. The molecule has 0 atom stereocenters. The summed E-state index contributed by atoms with van der Waals surface area (Å²) in [6, 6.07) is 0. The zero-order valence-corrected chi connectivity index (χ0v) is 10.2. The van der Waals surface area contributed by atoms with E-state index in [1.165, 1.54) is 11.1 Å². The standard InChI is InChI=1S/C11H11BrOS/c12-11-7-14-6-10(11)8-3-1-2-4-9(13)5-8/h5-7H,1-4H2. The van der Waals surface area contributed by atoms with Crippen LogP contribution in [-0.2, 0) is 4.79 Å². The molecule has 0 amide bonds. The number of carbonyl (C=O) groups excluding carboxylic acids is 1. The van der Waals surface area contributed by atoms with E-state index in [0.29, 0.717) is 6.42 Å². The molecule has 14 heavy (non-hydrogen) atoms. The molecule has 3 heteroatoms. The number of hydrogen-bond donors (Lipinski definition) is 0. The Kier molecular flexibility index (Phi) is 3.19. The topological polar surface area (TPSA) is 17.1 Å². The Balaban J connectivity index is 2.33. The maximum absolute atomic E-state index is 11.4. The van der Waals surface area contributed by atoms with Crippen LogP contribution in [0.2, 0.25) is 0 Å². The minimum atomic E-state index is 0.274. The van der Waals surface area contributed by atoms with Gasteiger partial charge in [0.05, 0.1) is 0 Å². The molecule has 0 saturated carbocycles. The summed E-state index contributed by atoms with van der Waals surface area (Å²) in [5, 5.41) is 4.17. The monoisotopic (exact) mass is 270 g/mol. The normalized spacial score (nSPS) is 17.8. The minimum Gasteiger partial charge on any atom is -0.295 e. The van der Waals surface area contributed by atoms with Gasteiger partial charge in [0, 0.05) is 21.8 Å². The predicted octanol–water partition coefficient (Wildman–Crippen LogP) is 4.04. The van der Waals surface area contributed by atoms with E-state index < -0.39 is 0 Å². The van der Waals surface area contributed by atoms with Gasteiger partial charge in [0.25, 0.3) is 0 Å². The molecule has 0 N–H and O–H groups in total. The highest BCUT2D eigenvalue weighted by Gasteiger charge is 2.12. The van der Waals surface area contributed by atoms with Gasteiger partial charge in [-0.25, -0.2) is 0 Å². The van der Waals surface area contributed by atoms with Crippen LogP contribution in [0.25, 0.3) is 5.57 Å². The van der Waals surface area contributed by atoms with Crippen molar-refractivity contribution >= 4 is 38.6 Å². The molecule has 0 aliphatic heterocycles. The Morgan fingerprint density at radius 2 is 2.00 bits per heavy atom. The first kappa shape index (κ1) is 10.1. The lowest BCUT2D eigenvalue weighted by Crippen LogP contribution is -1.89. The molecule has 1 aromatic heterocycles. The second-order valence-corrected chi connectivity index (χ2v) is 5.07. The van der Waals surface area contributed by atoms with E-state index in [0.717, 1.165) is 23.7 Å². The molecule has 0 spiro atoms. The number of thiophene rings is 1. The van der Waals surface area contributed by atoms with E-state index in [2.05, 4.69) is 26.7 Å². The fourth-order valence-corrected chi connectivity index (χ4v) is 3.25. The summed E-state index contributed by atoms with van der Waals surface area (Å²) in [6.07, 6.45) is 5.71. The molecule has 0 unspecified atom stereocenters. The van der Waals surface area contributed by atoms with Crippen molar-refractivity contribution in [2.45, 2.75) is 25.7 Å². The van der Waals surface area contributed by atoms with Crippen molar-refractivity contribution in [3.8, 4) is 0 Å². The Morgan fingerprint density at radius 1 is 1.21 bits per heavy atom. The average Bonchev–Trinajstić information content (AvgIpc) is 2.45. The molecule has 0 bridgehead atoms. The molecule has 1 aromatic rings. The third kappa shape index (κ3) is 2.15. The van der Waals surface area contributed by atoms with Gasteiger partial charge in [0.15, 0.2) is 5.78 Å². The number of allylic oxidation sites excluding steroid dienone is 2. The lowest BCUT2D eigenvalue weighted by Gasteiger charge is -2.02. The van der Waals surface area contributed by atoms with Crippen LogP contribution >= 0.6 is 27.3 Å². The Morgan fingerprint density at radius 3 is 2.71 bits per heavy atom. The maximum Gasteiger partial charge on any atom is 0.155 e. The molecule has 2 rings (SSSR count). The van der Waals surface area contributed by atoms with Crippen molar-refractivity contribution in [2.75, 3.05) is 0 Å². The third-order valence-electron chi connectivity index (χ3n) is 2.42. The summed E-state index contributed by atoms with van der Waals surface area (Å²) in [4.78, 5) is 11.4. The largest absolute Gasteiger partial charge is 0.295 e. The number of hydrogen-bond acceptors (Lipinski definition) is 2. The van der Waals surface area contributed by atoms with Crippen LogP contribution in [-0.4, -0.2) is 5.78 Å². The molecule has 0 radical (unpaired) electrons. The molecule has 0 saturated heterocycles. The second-order valence-electron chi connectivity index (χ2n) is 3.48. The van der Waals surface area contributed by atoms with Gasteiger partial charge in [-0.2, -0.15) is 11.3 Å². The first-order valence-corrected chi connectivity index (χ1v) is 6.46. The Bertz CT molecular complexity index is 378. The number of carbonyl (C=O) groups is 1. The summed E-state index contributed by atoms with van der Waals surface area (Å²) in [7, 11) is 0. The molecular formula is C11H11BrOS. The van der Waals surface area contributed by atoms with E-state index >= 15 is 0 Å². The average molecular weight is 271 g/mol. The fraction of sp³-hybridized carbons (Fsp3) is 0.364. The van der Waals surface area contributed by atoms with Crippen LogP contribution in [0.5, 0.6) is 0 Å². The summed E-state index contributed by atoms with van der Waals surface area (Å²) < 4.78 is 1.11. The van der Waals surface area contributed by atoms with Crippen molar-refractivity contribution in [3.05, 3.63) is 26.9 Å². The summed E-state index contributed by atoms with van der Waals surface area (Å²) >= 11 is 5.17. The van der Waals surface area contributed by atoms with Gasteiger partial charge in [0.1, 0.15) is 0 Å². The SMILES string of the molecule is O=C1C=C(c2cscc2Br)CCCC1. The number of halogens is 1. The lowest BCUT2D eigenvalue weighted by molar-refractivity contribution is -0.114. The number of ketones is 1. The van der Waals surface area contributed by atoms with Crippen LogP contribution in [0, 0.1) is 0 Å². The van der Waals surface area contributed by atoms with Gasteiger partial charge in [-0.15, -0.1) is 0 Å². The smallest absolute Gasteiger partial charge is 0.155 e. The van der Waals surface area contributed by atoms with Gasteiger partial charge < -0.3 is 0 Å². The van der Waals surface area contributed by atoms with E-state index in [9.17, 15) is 4.79 Å². The summed E-state index contributed by atoms with van der Waals surface area (Å²) in [5.41, 5.74) is 2.39. The van der Waals surface area contributed by atoms with Crippen molar-refractivity contribution in [3.63, 3.8) is 0 Å². The minimum absolute atomic E-state index is 0.274. The first-order valence-electron chi connectivity index (χ1n) is 4.73. The first-order chi connectivity index (χ1) is 6.77. The maximum atomic E-state index is 11.4. The third-order valence-corrected chi connectivity index (χ3v) is 4.12. The Labute approximate surface area is 96.0 Å². The molecule has 1 aliphatic rings. The zero-order valence-electron chi connectivity index (χ0n) is 7.75. The van der Waals surface area contributed by atoms with Crippen molar-refractivity contribution in [2.24, 2.45) is 0 Å². The van der Waals surface area contributed by atoms with Crippen molar-refractivity contribution in [1.29, 1.82) is 0 Å². The van der Waals surface area contributed by atoms with Gasteiger partial charge >= 0.3 is 0 Å². The molecule has 0 fully saturated rings. The fourth-order valence-electron chi connectivity index (χ4n) is 1.68. The van der Waals surface area contributed by atoms with Gasteiger partial charge in [-0.1, -0.05) is 0 Å². The van der Waals surface area contributed by atoms with E-state index in [-0.39, 0.29) is 5.78 Å². The van der Waals surface area contributed by atoms with Crippen LogP contribution in [0.1, 0.15) is 31.2 Å². The molecular weight excluding hydrogens is 260 g/mol. The molecule has 1 aliphatic carbocycles.